The van der Waals surface area contributed by atoms with Gasteiger partial charge in [-0.05, 0) is 53.9 Å². The maximum absolute atomic E-state index is 4.71. The van der Waals surface area contributed by atoms with Gasteiger partial charge >= 0.3 is 0 Å². The van der Waals surface area contributed by atoms with Crippen LogP contribution in [-0.2, 0) is 0 Å². The molecular formula is C48H31N5. The summed E-state index contributed by atoms with van der Waals surface area (Å²) in [6.07, 6.45) is 0. The summed E-state index contributed by atoms with van der Waals surface area (Å²) in [4.78, 5) is 0. The SMILES string of the molecule is c1ccc(-c2nnc(-c3ccccc3)n2-c2ccc(-n3c4ccccc4c4ccc5ccc6c7ccccc7n(-c7ccccc7)c6c5c43)cc2)cc1. The molecule has 0 saturated heterocycles. The lowest BCUT2D eigenvalue weighted by Gasteiger charge is -2.15. The van der Waals surface area contributed by atoms with E-state index < -0.39 is 0 Å². The summed E-state index contributed by atoms with van der Waals surface area (Å²) in [5.74, 6) is 1.60. The Labute approximate surface area is 305 Å². The fourth-order valence-corrected chi connectivity index (χ4v) is 8.26. The van der Waals surface area contributed by atoms with Crippen LogP contribution >= 0.6 is 0 Å². The first-order valence-corrected chi connectivity index (χ1v) is 17.9. The highest BCUT2D eigenvalue weighted by molar-refractivity contribution is 6.28. The van der Waals surface area contributed by atoms with Crippen molar-refractivity contribution in [3.63, 3.8) is 0 Å². The summed E-state index contributed by atoms with van der Waals surface area (Å²) >= 11 is 0. The Balaban J connectivity index is 1.21. The molecule has 0 atom stereocenters. The van der Waals surface area contributed by atoms with Crippen LogP contribution in [0.25, 0.3) is 94.2 Å². The summed E-state index contributed by atoms with van der Waals surface area (Å²) < 4.78 is 7.06. The zero-order valence-electron chi connectivity index (χ0n) is 28.6. The van der Waals surface area contributed by atoms with Gasteiger partial charge in [0.15, 0.2) is 11.6 Å². The highest BCUT2D eigenvalue weighted by atomic mass is 15.3. The molecule has 0 saturated carbocycles. The first-order chi connectivity index (χ1) is 26.3. The minimum absolute atomic E-state index is 0.802. The lowest BCUT2D eigenvalue weighted by atomic mass is 10.0. The van der Waals surface area contributed by atoms with Gasteiger partial charge in [-0.3, -0.25) is 4.57 Å². The van der Waals surface area contributed by atoms with Gasteiger partial charge in [-0.15, -0.1) is 10.2 Å². The predicted molar refractivity (Wildman–Crippen MR) is 218 cm³/mol. The molecule has 0 aliphatic rings. The maximum Gasteiger partial charge on any atom is 0.168 e. The Bertz CT molecular complexity index is 3070. The van der Waals surface area contributed by atoms with Crippen molar-refractivity contribution in [2.24, 2.45) is 0 Å². The van der Waals surface area contributed by atoms with Crippen LogP contribution < -0.4 is 0 Å². The monoisotopic (exact) mass is 677 g/mol. The van der Waals surface area contributed by atoms with Gasteiger partial charge in [-0.25, -0.2) is 0 Å². The number of nitrogens with zero attached hydrogens (tertiary/aromatic N) is 5. The van der Waals surface area contributed by atoms with E-state index in [-0.39, 0.29) is 0 Å². The Morgan fingerprint density at radius 3 is 1.19 bits per heavy atom. The van der Waals surface area contributed by atoms with E-state index in [1.165, 1.54) is 54.4 Å². The quantitative estimate of drug-likeness (QED) is 0.182. The van der Waals surface area contributed by atoms with Gasteiger partial charge in [-0.1, -0.05) is 140 Å². The number of rotatable bonds is 5. The predicted octanol–water partition coefficient (Wildman–Crippen LogP) is 11.9. The van der Waals surface area contributed by atoms with E-state index in [2.05, 4.69) is 165 Å². The van der Waals surface area contributed by atoms with Crippen molar-refractivity contribution in [3.8, 4) is 39.8 Å². The molecule has 0 N–H and O–H groups in total. The molecule has 3 heterocycles. The Morgan fingerprint density at radius 1 is 0.302 bits per heavy atom. The molecule has 0 aliphatic carbocycles. The molecule has 8 aromatic carbocycles. The molecule has 53 heavy (non-hydrogen) atoms. The molecule has 5 nitrogen and oxygen atoms in total. The van der Waals surface area contributed by atoms with Crippen LogP contribution in [-0.4, -0.2) is 23.9 Å². The average molecular weight is 678 g/mol. The first-order valence-electron chi connectivity index (χ1n) is 17.9. The molecule has 0 radical (unpaired) electrons. The third-order valence-electron chi connectivity index (χ3n) is 10.6. The van der Waals surface area contributed by atoms with E-state index in [0.717, 1.165) is 39.8 Å². The fourth-order valence-electron chi connectivity index (χ4n) is 8.26. The molecule has 248 valence electrons. The Morgan fingerprint density at radius 2 is 0.698 bits per heavy atom. The number of fused-ring (bicyclic) bond motifs is 9. The number of hydrogen-bond acceptors (Lipinski definition) is 2. The topological polar surface area (TPSA) is 40.6 Å². The van der Waals surface area contributed by atoms with Crippen LogP contribution in [0.2, 0.25) is 0 Å². The van der Waals surface area contributed by atoms with Crippen molar-refractivity contribution in [2.45, 2.75) is 0 Å². The van der Waals surface area contributed by atoms with Crippen molar-refractivity contribution in [1.29, 1.82) is 0 Å². The van der Waals surface area contributed by atoms with E-state index >= 15 is 0 Å². The zero-order chi connectivity index (χ0) is 34.9. The summed E-state index contributed by atoms with van der Waals surface area (Å²) in [5.41, 5.74) is 10.0. The van der Waals surface area contributed by atoms with E-state index in [0.29, 0.717) is 0 Å². The number of hydrogen-bond donors (Lipinski definition) is 0. The second kappa shape index (κ2) is 11.7. The van der Waals surface area contributed by atoms with Crippen LogP contribution in [0, 0.1) is 0 Å². The zero-order valence-corrected chi connectivity index (χ0v) is 28.6. The first kappa shape index (κ1) is 29.5. The van der Waals surface area contributed by atoms with Crippen molar-refractivity contribution in [1.82, 2.24) is 23.9 Å². The van der Waals surface area contributed by atoms with Crippen LogP contribution in [0.15, 0.2) is 188 Å². The standard InChI is InChI=1S/C48H31N5/c1-4-14-33(15-5-1)47-49-50-48(34-16-6-2-7-17-34)53(47)37-28-26-36(27-29-37)52-43-23-13-11-21-39(43)41-31-25-32-24-30-40-38-20-10-12-22-42(38)51(35-18-8-3-9-19-35)45(40)44(32)46(41)52/h1-31H. The molecule has 0 unspecified atom stereocenters. The van der Waals surface area contributed by atoms with Gasteiger partial charge in [-0.2, -0.15) is 0 Å². The largest absolute Gasteiger partial charge is 0.309 e. The minimum atomic E-state index is 0.802. The molecule has 0 spiro atoms. The van der Waals surface area contributed by atoms with Crippen molar-refractivity contribution < 1.29 is 0 Å². The van der Waals surface area contributed by atoms with Gasteiger partial charge in [0.1, 0.15) is 0 Å². The fraction of sp³-hybridized carbons (Fsp3) is 0. The normalized spacial score (nSPS) is 11.8. The Hall–Kier alpha value is -7.24. The third-order valence-corrected chi connectivity index (χ3v) is 10.6. The third kappa shape index (κ3) is 4.44. The summed E-state index contributed by atoms with van der Waals surface area (Å²) in [6.45, 7) is 0. The molecule has 0 aliphatic heterocycles. The summed E-state index contributed by atoms with van der Waals surface area (Å²) in [6, 6.07) is 66.8. The smallest absolute Gasteiger partial charge is 0.168 e. The highest BCUT2D eigenvalue weighted by Gasteiger charge is 2.22. The highest BCUT2D eigenvalue weighted by Crippen LogP contribution is 2.43. The minimum Gasteiger partial charge on any atom is -0.309 e. The maximum atomic E-state index is 4.71. The van der Waals surface area contributed by atoms with Gasteiger partial charge in [0.05, 0.1) is 22.1 Å². The van der Waals surface area contributed by atoms with E-state index in [4.69, 9.17) is 10.2 Å². The van der Waals surface area contributed by atoms with Crippen LogP contribution in [0.4, 0.5) is 0 Å². The molecule has 0 amide bonds. The molecule has 0 bridgehead atoms. The van der Waals surface area contributed by atoms with Crippen molar-refractivity contribution in [3.05, 3.63) is 188 Å². The second-order valence-electron chi connectivity index (χ2n) is 13.5. The van der Waals surface area contributed by atoms with Crippen LogP contribution in [0.5, 0.6) is 0 Å². The summed E-state index contributed by atoms with van der Waals surface area (Å²) in [7, 11) is 0. The van der Waals surface area contributed by atoms with Crippen molar-refractivity contribution >= 4 is 54.4 Å². The Kier molecular flexibility index (Phi) is 6.48. The average Bonchev–Trinajstić information content (AvgIpc) is 3.93. The lowest BCUT2D eigenvalue weighted by molar-refractivity contribution is 1.07. The van der Waals surface area contributed by atoms with Gasteiger partial charge in [0, 0.05) is 55.1 Å². The second-order valence-corrected chi connectivity index (χ2v) is 13.5. The van der Waals surface area contributed by atoms with Gasteiger partial charge in [0.25, 0.3) is 0 Å². The van der Waals surface area contributed by atoms with Gasteiger partial charge in [0.2, 0.25) is 0 Å². The number of para-hydroxylation sites is 3. The lowest BCUT2D eigenvalue weighted by Crippen LogP contribution is -2.02. The van der Waals surface area contributed by atoms with E-state index in [1.54, 1.807) is 0 Å². The summed E-state index contributed by atoms with van der Waals surface area (Å²) in [5, 5.41) is 16.8. The molecular weight excluding hydrogens is 647 g/mol. The molecule has 3 aromatic heterocycles. The van der Waals surface area contributed by atoms with E-state index in [9.17, 15) is 0 Å². The number of aromatic nitrogens is 5. The van der Waals surface area contributed by atoms with E-state index in [1.807, 2.05) is 36.4 Å². The molecule has 11 rings (SSSR count). The van der Waals surface area contributed by atoms with Crippen molar-refractivity contribution in [2.75, 3.05) is 0 Å². The number of benzene rings is 8. The van der Waals surface area contributed by atoms with Crippen LogP contribution in [0.1, 0.15) is 0 Å². The van der Waals surface area contributed by atoms with Crippen LogP contribution in [0.3, 0.4) is 0 Å². The molecule has 5 heteroatoms. The molecule has 0 fully saturated rings. The van der Waals surface area contributed by atoms with Gasteiger partial charge < -0.3 is 9.13 Å². The molecule has 11 aromatic rings.